The average molecular weight is 258 g/mol. The van der Waals surface area contributed by atoms with Gasteiger partial charge in [0.2, 0.25) is 0 Å². The third kappa shape index (κ3) is 2.23. The Kier molecular flexibility index (Phi) is 3.23. The topological polar surface area (TPSA) is 51.0 Å². The van der Waals surface area contributed by atoms with Crippen LogP contribution in [-0.4, -0.2) is 4.73 Å². The molecule has 0 spiro atoms. The Balaban J connectivity index is 2.14. The first-order valence-electron chi connectivity index (χ1n) is 7.01. The molecule has 0 radical (unpaired) electrons. The first-order chi connectivity index (χ1) is 9.27. The van der Waals surface area contributed by atoms with Crippen LogP contribution >= 0.6 is 0 Å². The molecule has 3 rings (SSSR count). The molecule has 1 heterocycles. The van der Waals surface area contributed by atoms with Crippen molar-refractivity contribution >= 4 is 5.57 Å². The summed E-state index contributed by atoms with van der Waals surface area (Å²) in [6.45, 7) is 0. The number of hydrogen-bond acceptors (Lipinski definition) is 2. The number of nitrogens with zero attached hydrogens (tertiary/aromatic N) is 2. The van der Waals surface area contributed by atoms with Gasteiger partial charge >= 0.3 is 0 Å². The molecule has 0 unspecified atom stereocenters. The van der Waals surface area contributed by atoms with E-state index in [1.165, 1.54) is 6.20 Å². The van der Waals surface area contributed by atoms with E-state index in [4.69, 9.17) is 0 Å². The standard InChI is InChI=1S/C15H18N2O2/c18-16-11-15(12-7-3-1-4-8-12)17(19)14-10-6-2-5-9-13(14)16/h1,3,7,11H,2,4-6,8-10H2. The van der Waals surface area contributed by atoms with Gasteiger partial charge in [0.05, 0.1) is 10.1 Å². The van der Waals surface area contributed by atoms with Gasteiger partial charge in [0, 0.05) is 11.3 Å². The Bertz CT molecular complexity index is 611. The van der Waals surface area contributed by atoms with Gasteiger partial charge in [-0.25, -0.2) is 0 Å². The minimum Gasteiger partial charge on any atom is -0.805 e. The largest absolute Gasteiger partial charge is 0.805 e. The Morgan fingerprint density at radius 3 is 2.79 bits per heavy atom. The summed E-state index contributed by atoms with van der Waals surface area (Å²) in [7, 11) is 0. The van der Waals surface area contributed by atoms with E-state index in [1.54, 1.807) is 0 Å². The molecule has 0 bridgehead atoms. The van der Waals surface area contributed by atoms with E-state index in [1.807, 2.05) is 12.2 Å². The molecule has 0 saturated heterocycles. The quantitative estimate of drug-likeness (QED) is 0.574. The van der Waals surface area contributed by atoms with Crippen molar-refractivity contribution in [2.24, 2.45) is 0 Å². The molecule has 2 aliphatic carbocycles. The molecule has 19 heavy (non-hydrogen) atoms. The number of hydrogen-bond donors (Lipinski definition) is 0. The highest BCUT2D eigenvalue weighted by Gasteiger charge is 2.22. The van der Waals surface area contributed by atoms with Crippen LogP contribution in [-0.2, 0) is 12.8 Å². The molecule has 0 N–H and O–H groups in total. The van der Waals surface area contributed by atoms with E-state index in [9.17, 15) is 10.1 Å². The predicted octanol–water partition coefficient (Wildman–Crippen LogP) is 2.75. The third-order valence-corrected chi connectivity index (χ3v) is 3.97. The molecular weight excluding hydrogens is 240 g/mol. The fourth-order valence-electron chi connectivity index (χ4n) is 2.92. The first kappa shape index (κ1) is 12.2. The Morgan fingerprint density at radius 1 is 1.16 bits per heavy atom. The van der Waals surface area contributed by atoms with Gasteiger partial charge in [-0.1, -0.05) is 24.6 Å². The Hall–Kier alpha value is -1.84. The lowest BCUT2D eigenvalue weighted by atomic mass is 10.0. The summed E-state index contributed by atoms with van der Waals surface area (Å²) in [5.74, 6) is 0. The number of aromatic nitrogens is 2. The van der Waals surface area contributed by atoms with Crippen LogP contribution in [0.3, 0.4) is 0 Å². The molecule has 4 nitrogen and oxygen atoms in total. The van der Waals surface area contributed by atoms with E-state index in [0.717, 1.165) is 59.7 Å². The molecule has 1 aromatic rings. The van der Waals surface area contributed by atoms with Crippen LogP contribution in [0.1, 0.15) is 49.2 Å². The molecule has 0 amide bonds. The molecule has 0 aromatic carbocycles. The lowest BCUT2D eigenvalue weighted by molar-refractivity contribution is -0.506. The molecule has 0 atom stereocenters. The van der Waals surface area contributed by atoms with E-state index in [2.05, 4.69) is 6.08 Å². The summed E-state index contributed by atoms with van der Waals surface area (Å²) in [6, 6.07) is 0. The van der Waals surface area contributed by atoms with Crippen LogP contribution in [0, 0.1) is 10.1 Å². The number of allylic oxidation sites excluding steroid dienone is 4. The molecular formula is C15H18N2O2. The van der Waals surface area contributed by atoms with Crippen molar-refractivity contribution in [1.82, 2.24) is 4.73 Å². The zero-order chi connectivity index (χ0) is 13.2. The van der Waals surface area contributed by atoms with Crippen molar-refractivity contribution in [2.75, 3.05) is 0 Å². The van der Waals surface area contributed by atoms with E-state index >= 15 is 0 Å². The smallest absolute Gasteiger partial charge is 0.258 e. The van der Waals surface area contributed by atoms with Crippen LogP contribution in [0.25, 0.3) is 5.57 Å². The van der Waals surface area contributed by atoms with Gasteiger partial charge in [-0.05, 0) is 37.7 Å². The van der Waals surface area contributed by atoms with Gasteiger partial charge in [0.25, 0.3) is 11.9 Å². The van der Waals surface area contributed by atoms with Crippen molar-refractivity contribution in [1.29, 1.82) is 0 Å². The summed E-state index contributed by atoms with van der Waals surface area (Å²) in [5, 5.41) is 12.5. The fourth-order valence-corrected chi connectivity index (χ4v) is 2.92. The van der Waals surface area contributed by atoms with Gasteiger partial charge in [0.1, 0.15) is 5.69 Å². The molecule has 2 aliphatic rings. The van der Waals surface area contributed by atoms with E-state index < -0.39 is 0 Å². The highest BCUT2D eigenvalue weighted by Crippen LogP contribution is 2.25. The zero-order valence-electron chi connectivity index (χ0n) is 11.0. The van der Waals surface area contributed by atoms with Crippen LogP contribution in [0.2, 0.25) is 0 Å². The first-order valence-corrected chi connectivity index (χ1v) is 7.01. The Labute approximate surface area is 112 Å². The number of fused-ring (bicyclic) bond motifs is 1. The maximum Gasteiger partial charge on any atom is 0.258 e. The second-order valence-corrected chi connectivity index (χ2v) is 5.25. The summed E-state index contributed by atoms with van der Waals surface area (Å²) >= 11 is 0. The lowest BCUT2D eigenvalue weighted by Gasteiger charge is -2.22. The van der Waals surface area contributed by atoms with Crippen LogP contribution in [0.5, 0.6) is 0 Å². The van der Waals surface area contributed by atoms with Crippen molar-refractivity contribution in [3.63, 3.8) is 0 Å². The third-order valence-electron chi connectivity index (χ3n) is 3.97. The van der Waals surface area contributed by atoms with Gasteiger partial charge in [-0.2, -0.15) is 0 Å². The summed E-state index contributed by atoms with van der Waals surface area (Å²) < 4.78 is 1.92. The summed E-state index contributed by atoms with van der Waals surface area (Å²) in [4.78, 5) is 12.2. The van der Waals surface area contributed by atoms with Crippen molar-refractivity contribution in [3.05, 3.63) is 51.6 Å². The highest BCUT2D eigenvalue weighted by molar-refractivity contribution is 5.65. The summed E-state index contributed by atoms with van der Waals surface area (Å²) in [6.07, 6.45) is 13.7. The summed E-state index contributed by atoms with van der Waals surface area (Å²) in [5.41, 5.74) is 2.85. The van der Waals surface area contributed by atoms with Crippen molar-refractivity contribution in [2.45, 2.75) is 44.9 Å². The van der Waals surface area contributed by atoms with Crippen LogP contribution < -0.4 is 4.43 Å². The van der Waals surface area contributed by atoms with Crippen LogP contribution in [0.4, 0.5) is 0 Å². The van der Waals surface area contributed by atoms with Crippen molar-refractivity contribution < 1.29 is 4.43 Å². The maximum absolute atomic E-state index is 12.5. The Morgan fingerprint density at radius 2 is 2.00 bits per heavy atom. The molecule has 0 saturated carbocycles. The van der Waals surface area contributed by atoms with Crippen LogP contribution in [0.15, 0.2) is 24.4 Å². The highest BCUT2D eigenvalue weighted by atomic mass is 16.5. The SMILES string of the molecule is O=[n+]1cc(C2=CC=CCC2)n([O-])c2c1CCCCC2. The van der Waals surface area contributed by atoms with Crippen molar-refractivity contribution in [3.8, 4) is 0 Å². The minimum atomic E-state index is 0.528. The lowest BCUT2D eigenvalue weighted by Crippen LogP contribution is -2.28. The monoisotopic (exact) mass is 258 g/mol. The molecule has 0 fully saturated rings. The fraction of sp³-hybridized carbons (Fsp3) is 0.467. The second kappa shape index (κ2) is 5.03. The molecule has 0 aliphatic heterocycles. The molecule has 1 aromatic heterocycles. The second-order valence-electron chi connectivity index (χ2n) is 5.25. The average Bonchev–Trinajstić information content (AvgIpc) is 2.70. The normalized spacial score (nSPS) is 18.6. The molecule has 100 valence electrons. The van der Waals surface area contributed by atoms with Gasteiger partial charge < -0.3 is 9.94 Å². The minimum absolute atomic E-state index is 0.528. The zero-order valence-corrected chi connectivity index (χ0v) is 11.0. The number of rotatable bonds is 1. The van der Waals surface area contributed by atoms with E-state index in [-0.39, 0.29) is 0 Å². The predicted molar refractivity (Wildman–Crippen MR) is 74.2 cm³/mol. The molecule has 4 heteroatoms. The van der Waals surface area contributed by atoms with Gasteiger partial charge in [-0.3, -0.25) is 0 Å². The van der Waals surface area contributed by atoms with E-state index in [0.29, 0.717) is 17.1 Å². The van der Waals surface area contributed by atoms with Gasteiger partial charge in [0.15, 0.2) is 0 Å². The van der Waals surface area contributed by atoms with Gasteiger partial charge in [-0.15, -0.1) is 0 Å². The maximum atomic E-state index is 12.5.